The van der Waals surface area contributed by atoms with Crippen molar-refractivity contribution in [2.24, 2.45) is 5.73 Å². The molecule has 0 aliphatic heterocycles. The van der Waals surface area contributed by atoms with Crippen molar-refractivity contribution in [3.8, 4) is 0 Å². The number of carbonyl (C=O) groups is 1. The molecule has 1 aromatic rings. The Kier molecular flexibility index (Phi) is 4.30. The fourth-order valence-corrected chi connectivity index (χ4v) is 1.22. The van der Waals surface area contributed by atoms with Gasteiger partial charge in [-0.25, -0.2) is 4.98 Å². The Morgan fingerprint density at radius 2 is 2.47 bits per heavy atom. The van der Waals surface area contributed by atoms with Crippen molar-refractivity contribution in [3.63, 3.8) is 0 Å². The van der Waals surface area contributed by atoms with E-state index >= 15 is 0 Å². The van der Waals surface area contributed by atoms with Gasteiger partial charge in [0.25, 0.3) is 0 Å². The lowest BCUT2D eigenvalue weighted by Gasteiger charge is -2.09. The van der Waals surface area contributed by atoms with Gasteiger partial charge in [-0.2, -0.15) is 0 Å². The van der Waals surface area contributed by atoms with E-state index in [1.165, 1.54) is 0 Å². The normalized spacial score (nSPS) is 12.5. The maximum absolute atomic E-state index is 11.4. The number of aryl methyl sites for hydroxylation is 1. The van der Waals surface area contributed by atoms with Crippen LogP contribution in [0, 0.1) is 6.92 Å². The molecule has 0 aliphatic carbocycles. The lowest BCUT2D eigenvalue weighted by atomic mass is 10.2. The van der Waals surface area contributed by atoms with Crippen molar-refractivity contribution in [1.29, 1.82) is 0 Å². The van der Waals surface area contributed by atoms with Crippen LogP contribution in [0.2, 0.25) is 0 Å². The second kappa shape index (κ2) is 5.50. The second-order valence-electron chi connectivity index (χ2n) is 3.48. The molecule has 84 valence electrons. The van der Waals surface area contributed by atoms with Crippen LogP contribution in [0.1, 0.15) is 31.4 Å². The summed E-state index contributed by atoms with van der Waals surface area (Å²) < 4.78 is 5.21. The molecule has 0 fully saturated rings. The van der Waals surface area contributed by atoms with Crippen molar-refractivity contribution in [1.82, 2.24) is 10.3 Å². The molecule has 1 unspecified atom stereocenters. The minimum Gasteiger partial charge on any atom is -0.444 e. The smallest absolute Gasteiger partial charge is 0.237 e. The van der Waals surface area contributed by atoms with Gasteiger partial charge in [0.1, 0.15) is 5.76 Å². The maximum Gasteiger partial charge on any atom is 0.237 e. The lowest BCUT2D eigenvalue weighted by Crippen LogP contribution is -2.40. The van der Waals surface area contributed by atoms with Gasteiger partial charge in [-0.05, 0) is 13.3 Å². The second-order valence-corrected chi connectivity index (χ2v) is 3.48. The van der Waals surface area contributed by atoms with Crippen LogP contribution in [0.4, 0.5) is 0 Å². The molecule has 5 heteroatoms. The van der Waals surface area contributed by atoms with Gasteiger partial charge in [-0.15, -0.1) is 0 Å². The Morgan fingerprint density at radius 1 is 1.73 bits per heavy atom. The lowest BCUT2D eigenvalue weighted by molar-refractivity contribution is -0.122. The summed E-state index contributed by atoms with van der Waals surface area (Å²) in [6.45, 7) is 4.09. The van der Waals surface area contributed by atoms with E-state index in [4.69, 9.17) is 10.2 Å². The summed E-state index contributed by atoms with van der Waals surface area (Å²) in [7, 11) is 0. The van der Waals surface area contributed by atoms with Crippen LogP contribution in [-0.4, -0.2) is 16.9 Å². The number of nitrogens with two attached hydrogens (primary N) is 1. The Bertz CT molecular complexity index is 322. The molecule has 15 heavy (non-hydrogen) atoms. The van der Waals surface area contributed by atoms with E-state index in [0.29, 0.717) is 18.9 Å². The van der Waals surface area contributed by atoms with E-state index in [0.717, 1.165) is 12.2 Å². The first-order chi connectivity index (χ1) is 7.13. The zero-order valence-corrected chi connectivity index (χ0v) is 9.12. The predicted octanol–water partition coefficient (Wildman–Crippen LogP) is 0.727. The van der Waals surface area contributed by atoms with Crippen molar-refractivity contribution in [3.05, 3.63) is 17.8 Å². The Morgan fingerprint density at radius 3 is 3.00 bits per heavy atom. The number of carbonyl (C=O) groups excluding carboxylic acids is 1. The molecular formula is C10H17N3O2. The van der Waals surface area contributed by atoms with E-state index in [9.17, 15) is 4.79 Å². The minimum absolute atomic E-state index is 0.160. The number of hydrogen-bond acceptors (Lipinski definition) is 4. The highest BCUT2D eigenvalue weighted by Gasteiger charge is 2.12. The van der Waals surface area contributed by atoms with Crippen molar-refractivity contribution >= 4 is 5.91 Å². The number of nitrogens with one attached hydrogen (secondary N) is 1. The number of hydrogen-bond donors (Lipinski definition) is 2. The van der Waals surface area contributed by atoms with Crippen LogP contribution in [-0.2, 0) is 11.3 Å². The Labute approximate surface area is 89.1 Å². The first-order valence-electron chi connectivity index (χ1n) is 5.08. The third-order valence-electron chi connectivity index (χ3n) is 2.02. The van der Waals surface area contributed by atoms with Gasteiger partial charge in [-0.1, -0.05) is 13.3 Å². The first-order valence-corrected chi connectivity index (χ1v) is 5.08. The highest BCUT2D eigenvalue weighted by atomic mass is 16.4. The summed E-state index contributed by atoms with van der Waals surface area (Å²) in [5.74, 6) is 1.08. The van der Waals surface area contributed by atoms with E-state index < -0.39 is 6.04 Å². The van der Waals surface area contributed by atoms with Gasteiger partial charge in [0.15, 0.2) is 0 Å². The van der Waals surface area contributed by atoms with Crippen LogP contribution in [0.25, 0.3) is 0 Å². The summed E-state index contributed by atoms with van der Waals surface area (Å²) in [5.41, 5.74) is 5.63. The molecule has 3 N–H and O–H groups in total. The Hall–Kier alpha value is -1.36. The topological polar surface area (TPSA) is 81.2 Å². The number of aromatic nitrogens is 1. The van der Waals surface area contributed by atoms with Crippen LogP contribution < -0.4 is 11.1 Å². The molecule has 0 bridgehead atoms. The van der Waals surface area contributed by atoms with Gasteiger partial charge in [0.2, 0.25) is 11.8 Å². The van der Waals surface area contributed by atoms with Crippen molar-refractivity contribution in [2.45, 2.75) is 39.3 Å². The summed E-state index contributed by atoms with van der Waals surface area (Å²) in [6.07, 6.45) is 3.20. The number of amides is 1. The molecule has 0 aliphatic rings. The van der Waals surface area contributed by atoms with E-state index in [-0.39, 0.29) is 5.91 Å². The molecule has 0 aromatic carbocycles. The third-order valence-corrected chi connectivity index (χ3v) is 2.02. The summed E-state index contributed by atoms with van der Waals surface area (Å²) in [5, 5.41) is 2.68. The van der Waals surface area contributed by atoms with Crippen molar-refractivity contribution < 1.29 is 9.21 Å². The van der Waals surface area contributed by atoms with E-state index in [2.05, 4.69) is 10.3 Å². The number of oxazole rings is 1. The van der Waals surface area contributed by atoms with Crippen LogP contribution in [0.5, 0.6) is 0 Å². The van der Waals surface area contributed by atoms with Gasteiger partial charge < -0.3 is 15.5 Å². The SMILES string of the molecule is CCCC(N)C(=O)NCc1ncc(C)o1. The van der Waals surface area contributed by atoms with Crippen LogP contribution >= 0.6 is 0 Å². The molecule has 1 heterocycles. The molecular weight excluding hydrogens is 194 g/mol. The average Bonchev–Trinajstić information content (AvgIpc) is 2.61. The first kappa shape index (κ1) is 11.7. The van der Waals surface area contributed by atoms with Crippen molar-refractivity contribution in [2.75, 3.05) is 0 Å². The van der Waals surface area contributed by atoms with Gasteiger partial charge in [-0.3, -0.25) is 4.79 Å². The molecule has 0 saturated carbocycles. The van der Waals surface area contributed by atoms with E-state index in [1.54, 1.807) is 13.1 Å². The van der Waals surface area contributed by atoms with Gasteiger partial charge in [0, 0.05) is 0 Å². The minimum atomic E-state index is -0.439. The fourth-order valence-electron chi connectivity index (χ4n) is 1.22. The van der Waals surface area contributed by atoms with E-state index in [1.807, 2.05) is 6.92 Å². The molecule has 1 amide bonds. The van der Waals surface area contributed by atoms with Gasteiger partial charge >= 0.3 is 0 Å². The fraction of sp³-hybridized carbons (Fsp3) is 0.600. The number of nitrogens with zero attached hydrogens (tertiary/aromatic N) is 1. The summed E-state index contributed by atoms with van der Waals surface area (Å²) in [6, 6.07) is -0.439. The highest BCUT2D eigenvalue weighted by Crippen LogP contribution is 2.01. The zero-order chi connectivity index (χ0) is 11.3. The monoisotopic (exact) mass is 211 g/mol. The molecule has 0 spiro atoms. The quantitative estimate of drug-likeness (QED) is 0.752. The molecule has 5 nitrogen and oxygen atoms in total. The molecule has 0 saturated heterocycles. The molecule has 1 atom stereocenters. The largest absolute Gasteiger partial charge is 0.444 e. The highest BCUT2D eigenvalue weighted by molar-refractivity contribution is 5.81. The van der Waals surface area contributed by atoms with Gasteiger partial charge in [0.05, 0.1) is 18.8 Å². The van der Waals surface area contributed by atoms with Crippen LogP contribution in [0.3, 0.4) is 0 Å². The Balaban J connectivity index is 2.34. The van der Waals surface area contributed by atoms with Crippen LogP contribution in [0.15, 0.2) is 10.6 Å². The summed E-state index contributed by atoms with van der Waals surface area (Å²) in [4.78, 5) is 15.4. The average molecular weight is 211 g/mol. The summed E-state index contributed by atoms with van der Waals surface area (Å²) >= 11 is 0. The molecule has 0 radical (unpaired) electrons. The standard InChI is InChI=1S/C10H17N3O2/c1-3-4-8(11)10(14)13-6-9-12-5-7(2)15-9/h5,8H,3-4,6,11H2,1-2H3,(H,13,14). The zero-order valence-electron chi connectivity index (χ0n) is 9.12. The molecule has 1 rings (SSSR count). The third kappa shape index (κ3) is 3.71. The number of rotatable bonds is 5. The molecule has 1 aromatic heterocycles. The predicted molar refractivity (Wildman–Crippen MR) is 56.0 cm³/mol. The maximum atomic E-state index is 11.4.